The lowest BCUT2D eigenvalue weighted by Crippen LogP contribution is -2.60. The summed E-state index contributed by atoms with van der Waals surface area (Å²) in [6.07, 6.45) is 13.1. The number of rotatable bonds is 5. The van der Waals surface area contributed by atoms with Crippen LogP contribution in [0, 0.1) is 11.3 Å². The molecule has 5 heteroatoms. The molecule has 1 amide bonds. The van der Waals surface area contributed by atoms with Crippen LogP contribution in [0.1, 0.15) is 20.3 Å². The number of amidine groups is 1. The third-order valence-corrected chi connectivity index (χ3v) is 6.06. The Morgan fingerprint density at radius 2 is 2.28 bits per heavy atom. The number of carbonyl (C=O) groups is 1. The van der Waals surface area contributed by atoms with Crippen LogP contribution in [0.3, 0.4) is 0 Å². The van der Waals surface area contributed by atoms with Gasteiger partial charge in [0.2, 0.25) is 5.91 Å². The Morgan fingerprint density at radius 3 is 3.00 bits per heavy atom. The number of ether oxygens (including phenoxy) is 1. The summed E-state index contributed by atoms with van der Waals surface area (Å²) >= 11 is 1.58. The van der Waals surface area contributed by atoms with Crippen LogP contribution in [0.15, 0.2) is 53.6 Å². The number of methoxy groups -OCH3 is 1. The predicted molar refractivity (Wildman–Crippen MR) is 105 cm³/mol. The maximum absolute atomic E-state index is 13.5. The van der Waals surface area contributed by atoms with Crippen molar-refractivity contribution in [3.8, 4) is 0 Å². The SMILES string of the molecule is C=CCN1C(=O)C2C(C)(C)CC=C3C=CC=CC32N=C1SCCOC. The van der Waals surface area contributed by atoms with Gasteiger partial charge in [-0.2, -0.15) is 0 Å². The van der Waals surface area contributed by atoms with E-state index in [9.17, 15) is 4.79 Å². The van der Waals surface area contributed by atoms with E-state index in [0.717, 1.165) is 22.9 Å². The highest BCUT2D eigenvalue weighted by Crippen LogP contribution is 2.53. The van der Waals surface area contributed by atoms with Gasteiger partial charge in [0.05, 0.1) is 12.5 Å². The van der Waals surface area contributed by atoms with Crippen molar-refractivity contribution in [2.24, 2.45) is 16.3 Å². The first kappa shape index (κ1) is 18.2. The summed E-state index contributed by atoms with van der Waals surface area (Å²) in [5.41, 5.74) is 0.401. The standard InChI is InChI=1S/C20H26N2O2S/c1-5-12-22-17(23)16-19(2,3)11-9-15-8-6-7-10-20(15,16)21-18(22)25-14-13-24-4/h5-10,16H,1,11-14H2,2-4H3. The van der Waals surface area contributed by atoms with E-state index in [4.69, 9.17) is 9.73 Å². The molecule has 0 bridgehead atoms. The first-order valence-corrected chi connectivity index (χ1v) is 9.65. The van der Waals surface area contributed by atoms with Gasteiger partial charge in [0, 0.05) is 19.4 Å². The van der Waals surface area contributed by atoms with E-state index in [1.807, 2.05) is 12.2 Å². The van der Waals surface area contributed by atoms with Crippen LogP contribution in [0.2, 0.25) is 0 Å². The quantitative estimate of drug-likeness (QED) is 0.557. The van der Waals surface area contributed by atoms with E-state index in [1.54, 1.807) is 29.8 Å². The Labute approximate surface area is 154 Å². The van der Waals surface area contributed by atoms with Gasteiger partial charge < -0.3 is 4.74 Å². The smallest absolute Gasteiger partial charge is 0.235 e. The Bertz CT molecular complexity index is 690. The van der Waals surface area contributed by atoms with Gasteiger partial charge in [-0.3, -0.25) is 9.69 Å². The second-order valence-corrected chi connectivity index (χ2v) is 8.36. The molecular formula is C20H26N2O2S. The van der Waals surface area contributed by atoms with Crippen molar-refractivity contribution in [3.05, 3.63) is 48.6 Å². The summed E-state index contributed by atoms with van der Waals surface area (Å²) in [5.74, 6) is 0.706. The van der Waals surface area contributed by atoms with Gasteiger partial charge >= 0.3 is 0 Å². The summed E-state index contributed by atoms with van der Waals surface area (Å²) in [4.78, 5) is 20.5. The molecule has 0 aromatic heterocycles. The molecule has 2 aliphatic carbocycles. The molecule has 1 aliphatic heterocycles. The van der Waals surface area contributed by atoms with Gasteiger partial charge in [0.1, 0.15) is 5.54 Å². The molecule has 0 aromatic carbocycles. The third kappa shape index (κ3) is 3.04. The molecule has 0 aromatic rings. The number of thioether (sulfide) groups is 1. The molecule has 134 valence electrons. The summed E-state index contributed by atoms with van der Waals surface area (Å²) in [5, 5.41) is 0.766. The Balaban J connectivity index is 2.11. The molecule has 1 heterocycles. The highest BCUT2D eigenvalue weighted by Gasteiger charge is 2.57. The fourth-order valence-corrected chi connectivity index (χ4v) is 4.92. The van der Waals surface area contributed by atoms with Crippen LogP contribution in [0.4, 0.5) is 0 Å². The minimum absolute atomic E-state index is 0.144. The molecular weight excluding hydrogens is 332 g/mol. The lowest BCUT2D eigenvalue weighted by Gasteiger charge is -2.52. The normalized spacial score (nSPS) is 29.6. The van der Waals surface area contributed by atoms with Crippen molar-refractivity contribution < 1.29 is 9.53 Å². The minimum atomic E-state index is -0.583. The molecule has 2 atom stereocenters. The van der Waals surface area contributed by atoms with E-state index in [-0.39, 0.29) is 17.2 Å². The van der Waals surface area contributed by atoms with Crippen molar-refractivity contribution >= 4 is 22.8 Å². The molecule has 0 N–H and O–H groups in total. The van der Waals surface area contributed by atoms with Gasteiger partial charge in [0.25, 0.3) is 0 Å². The third-order valence-electron chi connectivity index (χ3n) is 5.12. The topological polar surface area (TPSA) is 41.9 Å². The molecule has 25 heavy (non-hydrogen) atoms. The van der Waals surface area contributed by atoms with Crippen LogP contribution in [-0.2, 0) is 9.53 Å². The van der Waals surface area contributed by atoms with Crippen molar-refractivity contribution in [2.45, 2.75) is 25.8 Å². The average molecular weight is 359 g/mol. The maximum Gasteiger partial charge on any atom is 0.235 e. The summed E-state index contributed by atoms with van der Waals surface area (Å²) < 4.78 is 5.16. The van der Waals surface area contributed by atoms with Crippen LogP contribution in [-0.4, -0.2) is 47.5 Å². The highest BCUT2D eigenvalue weighted by atomic mass is 32.2. The molecule has 0 saturated carbocycles. The summed E-state index contributed by atoms with van der Waals surface area (Å²) in [7, 11) is 1.68. The molecule has 3 rings (SSSR count). The van der Waals surface area contributed by atoms with Crippen LogP contribution in [0.25, 0.3) is 0 Å². The van der Waals surface area contributed by atoms with Crippen molar-refractivity contribution in [2.75, 3.05) is 26.0 Å². The lowest BCUT2D eigenvalue weighted by molar-refractivity contribution is -0.138. The zero-order chi connectivity index (χ0) is 18.1. The molecule has 0 fully saturated rings. The van der Waals surface area contributed by atoms with E-state index < -0.39 is 5.54 Å². The zero-order valence-corrected chi connectivity index (χ0v) is 16.0. The van der Waals surface area contributed by atoms with Gasteiger partial charge in [-0.25, -0.2) is 4.99 Å². The number of hydrogen-bond acceptors (Lipinski definition) is 4. The fourth-order valence-electron chi connectivity index (χ4n) is 3.95. The van der Waals surface area contributed by atoms with Gasteiger partial charge in [-0.15, -0.1) is 6.58 Å². The van der Waals surface area contributed by atoms with Gasteiger partial charge in [-0.05, 0) is 17.4 Å². The number of carbonyl (C=O) groups excluding carboxylic acids is 1. The molecule has 1 spiro atoms. The Hall–Kier alpha value is -1.59. The molecule has 4 nitrogen and oxygen atoms in total. The van der Waals surface area contributed by atoms with Crippen molar-refractivity contribution in [1.29, 1.82) is 0 Å². The van der Waals surface area contributed by atoms with E-state index in [1.165, 1.54) is 0 Å². The first-order valence-electron chi connectivity index (χ1n) is 8.66. The van der Waals surface area contributed by atoms with Crippen LogP contribution < -0.4 is 0 Å². The van der Waals surface area contributed by atoms with Crippen LogP contribution in [0.5, 0.6) is 0 Å². The first-order chi connectivity index (χ1) is 12.0. The Morgan fingerprint density at radius 1 is 1.48 bits per heavy atom. The number of hydrogen-bond donors (Lipinski definition) is 0. The predicted octanol–water partition coefficient (Wildman–Crippen LogP) is 3.59. The van der Waals surface area contributed by atoms with Crippen molar-refractivity contribution in [1.82, 2.24) is 4.90 Å². The summed E-state index contributed by atoms with van der Waals surface area (Å²) in [6, 6.07) is 0. The molecule has 2 unspecified atom stereocenters. The van der Waals surface area contributed by atoms with E-state index in [0.29, 0.717) is 13.2 Å². The van der Waals surface area contributed by atoms with Crippen molar-refractivity contribution in [3.63, 3.8) is 0 Å². The Kier molecular flexibility index (Phi) is 5.07. The number of nitrogens with zero attached hydrogens (tertiary/aromatic N) is 2. The fraction of sp³-hybridized carbons (Fsp3) is 0.500. The van der Waals surface area contributed by atoms with Gasteiger partial charge in [-0.1, -0.05) is 62.1 Å². The molecule has 0 saturated heterocycles. The summed E-state index contributed by atoms with van der Waals surface area (Å²) in [6.45, 7) is 9.27. The maximum atomic E-state index is 13.5. The van der Waals surface area contributed by atoms with Crippen LogP contribution >= 0.6 is 11.8 Å². The second-order valence-electron chi connectivity index (χ2n) is 7.30. The second kappa shape index (κ2) is 6.96. The average Bonchev–Trinajstić information content (AvgIpc) is 2.57. The number of amides is 1. The zero-order valence-electron chi connectivity index (χ0n) is 15.2. The van der Waals surface area contributed by atoms with E-state index in [2.05, 4.69) is 38.7 Å². The highest BCUT2D eigenvalue weighted by molar-refractivity contribution is 8.13. The monoisotopic (exact) mass is 358 g/mol. The van der Waals surface area contributed by atoms with E-state index >= 15 is 0 Å². The number of aliphatic imine (C=N–C) groups is 1. The number of allylic oxidation sites excluding steroid dienone is 3. The lowest BCUT2D eigenvalue weighted by atomic mass is 9.58. The van der Waals surface area contributed by atoms with Gasteiger partial charge in [0.15, 0.2) is 5.17 Å². The minimum Gasteiger partial charge on any atom is -0.384 e. The molecule has 0 radical (unpaired) electrons. The molecule has 3 aliphatic rings. The largest absolute Gasteiger partial charge is 0.384 e.